The lowest BCUT2D eigenvalue weighted by atomic mass is 9.77. The van der Waals surface area contributed by atoms with E-state index in [9.17, 15) is 5.11 Å². The number of aliphatic hydroxyl groups excluding tert-OH is 1. The van der Waals surface area contributed by atoms with Crippen LogP contribution in [0.1, 0.15) is 50.6 Å². The number of hydrogen-bond acceptors (Lipinski definition) is 4. The maximum atomic E-state index is 9.29. The molecule has 3 nitrogen and oxygen atoms in total. The molecule has 0 aliphatic carbocycles. The maximum Gasteiger partial charge on any atom is 0.185 e. The van der Waals surface area contributed by atoms with Crippen molar-refractivity contribution >= 4 is 16.5 Å². The number of aryl methyl sites for hydroxylation is 1. The predicted octanol–water partition coefficient (Wildman–Crippen LogP) is 3.60. The van der Waals surface area contributed by atoms with Crippen LogP contribution in [0.25, 0.3) is 0 Å². The fourth-order valence-corrected chi connectivity index (χ4v) is 3.82. The number of anilines is 1. The average Bonchev–Trinajstić information content (AvgIpc) is 2.57. The Bertz CT molecular complexity index is 422. The topological polar surface area (TPSA) is 36.4 Å². The highest BCUT2D eigenvalue weighted by atomic mass is 32.1. The average molecular weight is 282 g/mol. The number of aliphatic hydroxyl groups is 1. The molecule has 19 heavy (non-hydrogen) atoms. The van der Waals surface area contributed by atoms with E-state index in [0.717, 1.165) is 34.7 Å². The lowest BCUT2D eigenvalue weighted by Gasteiger charge is -2.29. The molecule has 2 heterocycles. The van der Waals surface area contributed by atoms with E-state index < -0.39 is 0 Å². The predicted molar refractivity (Wildman–Crippen MR) is 81.8 cm³/mol. The van der Waals surface area contributed by atoms with E-state index >= 15 is 0 Å². The van der Waals surface area contributed by atoms with Gasteiger partial charge >= 0.3 is 0 Å². The molecule has 4 heteroatoms. The third-order valence-electron chi connectivity index (χ3n) is 4.25. The summed E-state index contributed by atoms with van der Waals surface area (Å²) in [5.41, 5.74) is 1.39. The van der Waals surface area contributed by atoms with Crippen LogP contribution in [0.5, 0.6) is 0 Å². The van der Waals surface area contributed by atoms with E-state index in [1.165, 1.54) is 19.3 Å². The molecule has 1 aliphatic rings. The van der Waals surface area contributed by atoms with E-state index in [4.69, 9.17) is 0 Å². The van der Waals surface area contributed by atoms with Crippen LogP contribution in [0, 0.1) is 18.3 Å². The van der Waals surface area contributed by atoms with Crippen molar-refractivity contribution in [3.8, 4) is 0 Å². The monoisotopic (exact) mass is 282 g/mol. The Morgan fingerprint density at radius 2 is 2.05 bits per heavy atom. The zero-order chi connectivity index (χ0) is 14.0. The van der Waals surface area contributed by atoms with Gasteiger partial charge in [0.1, 0.15) is 0 Å². The van der Waals surface area contributed by atoms with Crippen molar-refractivity contribution in [1.29, 1.82) is 0 Å². The van der Waals surface area contributed by atoms with Crippen molar-refractivity contribution in [2.75, 3.05) is 18.0 Å². The zero-order valence-electron chi connectivity index (χ0n) is 12.6. The summed E-state index contributed by atoms with van der Waals surface area (Å²) in [5, 5.41) is 10.4. The Balaban J connectivity index is 2.06. The van der Waals surface area contributed by atoms with Gasteiger partial charge in [0, 0.05) is 13.1 Å². The van der Waals surface area contributed by atoms with E-state index in [1.54, 1.807) is 11.3 Å². The van der Waals surface area contributed by atoms with Gasteiger partial charge in [0.15, 0.2) is 5.13 Å². The molecule has 1 unspecified atom stereocenters. The van der Waals surface area contributed by atoms with Crippen LogP contribution >= 0.6 is 11.3 Å². The maximum absolute atomic E-state index is 9.29. The largest absolute Gasteiger partial charge is 0.391 e. The first-order valence-corrected chi connectivity index (χ1v) is 8.05. The summed E-state index contributed by atoms with van der Waals surface area (Å²) in [6.07, 6.45) is 3.81. The van der Waals surface area contributed by atoms with Crippen LogP contribution in [-0.2, 0) is 6.61 Å². The molecular formula is C15H26N2OS. The van der Waals surface area contributed by atoms with Crippen LogP contribution in [0.4, 0.5) is 5.13 Å². The fraction of sp³-hybridized carbons (Fsp3) is 0.800. The molecule has 0 saturated carbocycles. The Kier molecular flexibility index (Phi) is 4.51. The van der Waals surface area contributed by atoms with Gasteiger partial charge in [-0.25, -0.2) is 4.98 Å². The number of nitrogens with zero attached hydrogens (tertiary/aromatic N) is 2. The first-order chi connectivity index (χ1) is 8.91. The van der Waals surface area contributed by atoms with Crippen LogP contribution in [0.2, 0.25) is 0 Å². The van der Waals surface area contributed by atoms with Crippen LogP contribution < -0.4 is 4.90 Å². The summed E-state index contributed by atoms with van der Waals surface area (Å²) < 4.78 is 0. The molecule has 1 aromatic heterocycles. The van der Waals surface area contributed by atoms with Gasteiger partial charge in [0.05, 0.1) is 17.2 Å². The smallest absolute Gasteiger partial charge is 0.185 e. The molecule has 1 aromatic rings. The summed E-state index contributed by atoms with van der Waals surface area (Å²) in [6.45, 7) is 11.4. The van der Waals surface area contributed by atoms with Crippen molar-refractivity contribution < 1.29 is 5.11 Å². The molecule has 1 fully saturated rings. The summed E-state index contributed by atoms with van der Waals surface area (Å²) in [5.74, 6) is 0.802. The molecule has 0 radical (unpaired) electrons. The lowest BCUT2D eigenvalue weighted by Crippen LogP contribution is -2.25. The summed E-state index contributed by atoms with van der Waals surface area (Å²) in [4.78, 5) is 8.03. The van der Waals surface area contributed by atoms with Crippen molar-refractivity contribution in [1.82, 2.24) is 4.98 Å². The molecule has 0 spiro atoms. The summed E-state index contributed by atoms with van der Waals surface area (Å²) >= 11 is 1.65. The third kappa shape index (κ3) is 3.48. The second kappa shape index (κ2) is 5.80. The zero-order valence-corrected chi connectivity index (χ0v) is 13.4. The van der Waals surface area contributed by atoms with E-state index in [0.29, 0.717) is 5.41 Å². The van der Waals surface area contributed by atoms with Gasteiger partial charge in [-0.05, 0) is 37.5 Å². The molecule has 0 amide bonds. The van der Waals surface area contributed by atoms with Crippen molar-refractivity contribution in [3.05, 3.63) is 10.6 Å². The molecule has 1 N–H and O–H groups in total. The van der Waals surface area contributed by atoms with Crippen molar-refractivity contribution in [2.24, 2.45) is 11.3 Å². The second-order valence-electron chi connectivity index (χ2n) is 6.64. The first-order valence-electron chi connectivity index (χ1n) is 7.24. The lowest BCUT2D eigenvalue weighted by molar-refractivity contribution is 0.220. The Morgan fingerprint density at radius 3 is 2.63 bits per heavy atom. The van der Waals surface area contributed by atoms with Gasteiger partial charge in [-0.15, -0.1) is 0 Å². The quantitative estimate of drug-likeness (QED) is 0.900. The minimum Gasteiger partial charge on any atom is -0.391 e. The number of thiazole rings is 1. The molecule has 1 saturated heterocycles. The highest BCUT2D eigenvalue weighted by molar-refractivity contribution is 7.15. The van der Waals surface area contributed by atoms with Crippen LogP contribution in [0.15, 0.2) is 0 Å². The second-order valence-corrected chi connectivity index (χ2v) is 7.71. The van der Waals surface area contributed by atoms with Gasteiger partial charge in [0.25, 0.3) is 0 Å². The van der Waals surface area contributed by atoms with Crippen molar-refractivity contribution in [3.63, 3.8) is 0 Å². The number of rotatable bonds is 2. The van der Waals surface area contributed by atoms with E-state index in [2.05, 4.69) is 30.7 Å². The summed E-state index contributed by atoms with van der Waals surface area (Å²) in [6, 6.07) is 0. The van der Waals surface area contributed by atoms with Gasteiger partial charge in [-0.2, -0.15) is 0 Å². The molecule has 0 aromatic carbocycles. The molecule has 1 atom stereocenters. The number of hydrogen-bond donors (Lipinski definition) is 1. The Hall–Kier alpha value is -0.610. The van der Waals surface area contributed by atoms with Gasteiger partial charge in [0.2, 0.25) is 0 Å². The minimum absolute atomic E-state index is 0.113. The molecular weight excluding hydrogens is 256 g/mol. The summed E-state index contributed by atoms with van der Waals surface area (Å²) in [7, 11) is 0. The Labute approximate surface area is 120 Å². The van der Waals surface area contributed by atoms with Crippen LogP contribution in [0.3, 0.4) is 0 Å². The highest BCUT2D eigenvalue weighted by Gasteiger charge is 2.27. The van der Waals surface area contributed by atoms with Gasteiger partial charge < -0.3 is 10.0 Å². The van der Waals surface area contributed by atoms with E-state index in [1.807, 2.05) is 6.92 Å². The number of aromatic nitrogens is 1. The standard InChI is InChI=1S/C15H26N2OS/c1-11-13(10-18)19-14(16-11)17-8-5-6-12(7-9-17)15(2,3)4/h12,18H,5-10H2,1-4H3. The fourth-order valence-electron chi connectivity index (χ4n) is 2.85. The minimum atomic E-state index is 0.113. The first kappa shape index (κ1) is 14.8. The van der Waals surface area contributed by atoms with Crippen molar-refractivity contribution in [2.45, 2.75) is 53.6 Å². The third-order valence-corrected chi connectivity index (χ3v) is 5.45. The molecule has 108 valence electrons. The van der Waals surface area contributed by atoms with Gasteiger partial charge in [-0.3, -0.25) is 0 Å². The van der Waals surface area contributed by atoms with Crippen LogP contribution in [-0.4, -0.2) is 23.2 Å². The normalized spacial score (nSPS) is 21.5. The molecule has 1 aliphatic heterocycles. The SMILES string of the molecule is Cc1nc(N2CCCC(C(C)(C)C)CC2)sc1CO. The molecule has 0 bridgehead atoms. The Morgan fingerprint density at radius 1 is 1.32 bits per heavy atom. The molecule has 2 rings (SSSR count). The van der Waals surface area contributed by atoms with E-state index in [-0.39, 0.29) is 6.61 Å². The van der Waals surface area contributed by atoms with Gasteiger partial charge in [-0.1, -0.05) is 32.1 Å². The highest BCUT2D eigenvalue weighted by Crippen LogP contribution is 2.36.